The number of aryl methyl sites for hydroxylation is 1. The van der Waals surface area contributed by atoms with Crippen LogP contribution in [0.2, 0.25) is 13.7 Å². The minimum Gasteiger partial charge on any atom is -0.345 e. The summed E-state index contributed by atoms with van der Waals surface area (Å²) in [6.07, 6.45) is 0. The van der Waals surface area contributed by atoms with Gasteiger partial charge in [-0.2, -0.15) is 0 Å². The Morgan fingerprint density at radius 2 is 1.85 bits per heavy atom. The Bertz CT molecular complexity index is 993. The summed E-state index contributed by atoms with van der Waals surface area (Å²) in [6, 6.07) is 5.56. The van der Waals surface area contributed by atoms with Crippen molar-refractivity contribution in [1.29, 1.82) is 0 Å². The molecule has 0 bridgehead atoms. The zero-order valence-corrected chi connectivity index (χ0v) is 17.7. The molecule has 1 amide bonds. The maximum absolute atomic E-state index is 12.6. The molecule has 1 aliphatic heterocycles. The van der Waals surface area contributed by atoms with Crippen LogP contribution in [0.1, 0.15) is 15.9 Å². The minimum absolute atomic E-state index is 0.0651. The number of carbonyl (C=O) groups excluding carboxylic acids is 1. The number of hydrogen-bond donors (Lipinski definition) is 0. The van der Waals surface area contributed by atoms with E-state index in [1.807, 2.05) is 24.0 Å². The van der Waals surface area contributed by atoms with Crippen LogP contribution in [0.25, 0.3) is 10.2 Å². The molecule has 3 aromatic rings. The number of thiazole rings is 1. The topological polar surface area (TPSA) is 36.4 Å². The molecule has 1 saturated heterocycles. The number of hydrogen-bond acceptors (Lipinski definition) is 5. The number of anilines is 1. The van der Waals surface area contributed by atoms with Gasteiger partial charge in [-0.3, -0.25) is 4.79 Å². The van der Waals surface area contributed by atoms with Gasteiger partial charge in [0.1, 0.15) is 4.34 Å². The zero-order chi connectivity index (χ0) is 18.4. The number of amides is 1. The minimum atomic E-state index is -0.0651. The molecular formula is C17H14Cl3N3OS2. The van der Waals surface area contributed by atoms with E-state index in [9.17, 15) is 4.79 Å². The van der Waals surface area contributed by atoms with Gasteiger partial charge in [0.2, 0.25) is 0 Å². The van der Waals surface area contributed by atoms with E-state index in [1.54, 1.807) is 17.4 Å². The van der Waals surface area contributed by atoms with Crippen LogP contribution < -0.4 is 4.90 Å². The van der Waals surface area contributed by atoms with Crippen molar-refractivity contribution in [3.63, 3.8) is 0 Å². The molecule has 0 atom stereocenters. The largest absolute Gasteiger partial charge is 0.345 e. The summed E-state index contributed by atoms with van der Waals surface area (Å²) in [6.45, 7) is 4.69. The highest BCUT2D eigenvalue weighted by Crippen LogP contribution is 2.35. The lowest BCUT2D eigenvalue weighted by molar-refractivity contribution is 0.0747. The SMILES string of the molecule is Cc1c(Cl)ccc2sc(N3CCN(C(=O)c4cc(Cl)sc4Cl)CC3)nc12. The van der Waals surface area contributed by atoms with Gasteiger partial charge in [0.25, 0.3) is 5.91 Å². The number of aromatic nitrogens is 1. The molecule has 2 aromatic heterocycles. The first-order valence-corrected chi connectivity index (χ1v) is 10.8. The van der Waals surface area contributed by atoms with E-state index < -0.39 is 0 Å². The van der Waals surface area contributed by atoms with Crippen molar-refractivity contribution in [2.75, 3.05) is 31.1 Å². The zero-order valence-electron chi connectivity index (χ0n) is 13.8. The Kier molecular flexibility index (Phi) is 5.05. The molecule has 3 heterocycles. The van der Waals surface area contributed by atoms with Crippen LogP contribution in [-0.4, -0.2) is 42.0 Å². The number of rotatable bonds is 2. The molecule has 0 aliphatic carbocycles. The average Bonchev–Trinajstić information content (AvgIpc) is 3.21. The first-order valence-electron chi connectivity index (χ1n) is 7.98. The van der Waals surface area contributed by atoms with E-state index in [4.69, 9.17) is 39.8 Å². The lowest BCUT2D eigenvalue weighted by Crippen LogP contribution is -2.48. The van der Waals surface area contributed by atoms with E-state index in [0.29, 0.717) is 27.3 Å². The Hall–Kier alpha value is -1.05. The van der Waals surface area contributed by atoms with E-state index in [2.05, 4.69) is 4.90 Å². The molecular weight excluding hydrogens is 433 g/mol. The molecule has 1 aromatic carbocycles. The highest BCUT2D eigenvalue weighted by Gasteiger charge is 2.26. The number of benzene rings is 1. The van der Waals surface area contributed by atoms with Gasteiger partial charge in [0, 0.05) is 31.2 Å². The molecule has 26 heavy (non-hydrogen) atoms. The van der Waals surface area contributed by atoms with Crippen molar-refractivity contribution >= 4 is 78.7 Å². The van der Waals surface area contributed by atoms with Crippen LogP contribution in [-0.2, 0) is 0 Å². The van der Waals surface area contributed by atoms with E-state index in [0.717, 1.165) is 39.0 Å². The monoisotopic (exact) mass is 445 g/mol. The quantitative estimate of drug-likeness (QED) is 0.515. The van der Waals surface area contributed by atoms with Gasteiger partial charge < -0.3 is 9.80 Å². The number of fused-ring (bicyclic) bond motifs is 1. The molecule has 1 fully saturated rings. The molecule has 0 N–H and O–H groups in total. The van der Waals surface area contributed by atoms with Gasteiger partial charge in [-0.1, -0.05) is 46.1 Å². The van der Waals surface area contributed by atoms with Crippen molar-refractivity contribution in [3.8, 4) is 0 Å². The molecule has 0 saturated carbocycles. The first-order chi connectivity index (χ1) is 12.4. The Labute approximate surface area is 173 Å². The molecule has 4 rings (SSSR count). The van der Waals surface area contributed by atoms with Crippen molar-refractivity contribution in [2.24, 2.45) is 0 Å². The lowest BCUT2D eigenvalue weighted by Gasteiger charge is -2.34. The smallest absolute Gasteiger partial charge is 0.256 e. The summed E-state index contributed by atoms with van der Waals surface area (Å²) >= 11 is 21.1. The summed E-state index contributed by atoms with van der Waals surface area (Å²) in [4.78, 5) is 21.4. The second-order valence-electron chi connectivity index (χ2n) is 6.03. The molecule has 9 heteroatoms. The second-order valence-corrected chi connectivity index (χ2v) is 9.73. The molecule has 0 radical (unpaired) electrons. The van der Waals surface area contributed by atoms with Crippen LogP contribution in [0.5, 0.6) is 0 Å². The Balaban J connectivity index is 1.49. The highest BCUT2D eigenvalue weighted by molar-refractivity contribution is 7.22. The van der Waals surface area contributed by atoms with Crippen LogP contribution in [0.3, 0.4) is 0 Å². The van der Waals surface area contributed by atoms with E-state index in [1.165, 1.54) is 11.3 Å². The number of thiophene rings is 1. The van der Waals surface area contributed by atoms with E-state index >= 15 is 0 Å². The van der Waals surface area contributed by atoms with Gasteiger partial charge in [0.15, 0.2) is 5.13 Å². The summed E-state index contributed by atoms with van der Waals surface area (Å²) in [5.41, 5.74) is 2.44. The summed E-state index contributed by atoms with van der Waals surface area (Å²) in [7, 11) is 0. The third-order valence-corrected chi connectivity index (χ3v) is 7.44. The van der Waals surface area contributed by atoms with Gasteiger partial charge in [-0.25, -0.2) is 4.98 Å². The summed E-state index contributed by atoms with van der Waals surface area (Å²) in [5, 5.41) is 1.70. The Morgan fingerprint density at radius 3 is 2.50 bits per heavy atom. The molecule has 136 valence electrons. The van der Waals surface area contributed by atoms with Gasteiger partial charge in [-0.15, -0.1) is 11.3 Å². The number of piperazine rings is 1. The highest BCUT2D eigenvalue weighted by atomic mass is 35.5. The maximum atomic E-state index is 12.6. The number of halogens is 3. The van der Waals surface area contributed by atoms with E-state index in [-0.39, 0.29) is 5.91 Å². The fraction of sp³-hybridized carbons (Fsp3) is 0.294. The van der Waals surface area contributed by atoms with Crippen molar-refractivity contribution in [1.82, 2.24) is 9.88 Å². The maximum Gasteiger partial charge on any atom is 0.256 e. The van der Waals surface area contributed by atoms with Gasteiger partial charge in [-0.05, 0) is 30.7 Å². The predicted molar refractivity (Wildman–Crippen MR) is 112 cm³/mol. The fourth-order valence-corrected chi connectivity index (χ4v) is 5.66. The third-order valence-electron chi connectivity index (χ3n) is 4.46. The van der Waals surface area contributed by atoms with Crippen molar-refractivity contribution < 1.29 is 4.79 Å². The molecule has 0 spiro atoms. The van der Waals surface area contributed by atoms with Crippen LogP contribution in [0.15, 0.2) is 18.2 Å². The fourth-order valence-electron chi connectivity index (χ4n) is 2.98. The number of carbonyl (C=O) groups is 1. The van der Waals surface area contributed by atoms with Gasteiger partial charge in [0.05, 0.1) is 20.1 Å². The van der Waals surface area contributed by atoms with Gasteiger partial charge >= 0.3 is 0 Å². The van der Waals surface area contributed by atoms with Crippen LogP contribution >= 0.6 is 57.5 Å². The normalized spacial score (nSPS) is 15.1. The summed E-state index contributed by atoms with van der Waals surface area (Å²) in [5.74, 6) is -0.0651. The second kappa shape index (κ2) is 7.17. The third kappa shape index (κ3) is 3.29. The summed E-state index contributed by atoms with van der Waals surface area (Å²) < 4.78 is 2.10. The molecule has 0 unspecified atom stereocenters. The van der Waals surface area contributed by atoms with Crippen molar-refractivity contribution in [2.45, 2.75) is 6.92 Å². The van der Waals surface area contributed by atoms with Crippen LogP contribution in [0.4, 0.5) is 5.13 Å². The average molecular weight is 447 g/mol. The number of nitrogens with zero attached hydrogens (tertiary/aromatic N) is 3. The molecule has 4 nitrogen and oxygen atoms in total. The predicted octanol–water partition coefficient (Wildman–Crippen LogP) is 5.59. The Morgan fingerprint density at radius 1 is 1.12 bits per heavy atom. The van der Waals surface area contributed by atoms with Crippen molar-refractivity contribution in [3.05, 3.63) is 43.0 Å². The van der Waals surface area contributed by atoms with Crippen LogP contribution in [0, 0.1) is 6.92 Å². The lowest BCUT2D eigenvalue weighted by atomic mass is 10.2. The standard InChI is InChI=1S/C17H14Cl3N3OS2/c1-9-11(18)2-3-12-14(9)21-17(25-12)23-6-4-22(5-7-23)16(24)10-8-13(19)26-15(10)20/h2-3,8H,4-7H2,1H3. The molecule has 1 aliphatic rings. The first kappa shape index (κ1) is 18.3.